The third-order valence-corrected chi connectivity index (χ3v) is 5.49. The predicted octanol–water partition coefficient (Wildman–Crippen LogP) is 2.48. The Hall–Kier alpha value is -1.61. The standard InChI is InChI=1S/C18H27F3N4O2/c1-23-7-5-13(6-8-23)16-14-12-24(15(26)4-3-11-27-2)9-10-25(14)17(22-16)18(19,20)21/h13H,3-12H2,1-2H3. The molecule has 1 saturated heterocycles. The molecule has 1 amide bonds. The normalized spacial score (nSPS) is 19.4. The minimum atomic E-state index is -4.48. The molecule has 0 N–H and O–H groups in total. The molecule has 0 saturated carbocycles. The lowest BCUT2D eigenvalue weighted by molar-refractivity contribution is -0.148. The quantitative estimate of drug-likeness (QED) is 0.728. The average molecular weight is 388 g/mol. The Morgan fingerprint density at radius 2 is 1.93 bits per heavy atom. The first kappa shape index (κ1) is 20.1. The van der Waals surface area contributed by atoms with E-state index in [1.165, 1.54) is 4.57 Å². The summed E-state index contributed by atoms with van der Waals surface area (Å²) in [7, 11) is 3.59. The molecule has 0 aliphatic carbocycles. The second-order valence-electron chi connectivity index (χ2n) is 7.41. The van der Waals surface area contributed by atoms with Gasteiger partial charge >= 0.3 is 6.18 Å². The van der Waals surface area contributed by atoms with E-state index in [0.29, 0.717) is 30.8 Å². The van der Waals surface area contributed by atoms with Gasteiger partial charge in [0.15, 0.2) is 0 Å². The fraction of sp³-hybridized carbons (Fsp3) is 0.778. The van der Waals surface area contributed by atoms with E-state index in [2.05, 4.69) is 9.88 Å². The van der Waals surface area contributed by atoms with Gasteiger partial charge in [-0.05, 0) is 39.4 Å². The molecule has 0 bridgehead atoms. The molecule has 152 valence electrons. The number of carbonyl (C=O) groups excluding carboxylic acids is 1. The lowest BCUT2D eigenvalue weighted by atomic mass is 9.92. The van der Waals surface area contributed by atoms with E-state index in [-0.39, 0.29) is 31.5 Å². The van der Waals surface area contributed by atoms with Crippen molar-refractivity contribution < 1.29 is 22.7 Å². The highest BCUT2D eigenvalue weighted by Gasteiger charge is 2.41. The van der Waals surface area contributed by atoms with Crippen LogP contribution in [0.2, 0.25) is 0 Å². The fourth-order valence-electron chi connectivity index (χ4n) is 3.96. The Morgan fingerprint density at radius 3 is 2.56 bits per heavy atom. The number of nitrogens with zero attached hydrogens (tertiary/aromatic N) is 4. The van der Waals surface area contributed by atoms with E-state index in [9.17, 15) is 18.0 Å². The van der Waals surface area contributed by atoms with Crippen molar-refractivity contribution in [2.45, 2.75) is 50.9 Å². The number of piperidine rings is 1. The highest BCUT2D eigenvalue weighted by atomic mass is 19.4. The predicted molar refractivity (Wildman–Crippen MR) is 93.2 cm³/mol. The second-order valence-corrected chi connectivity index (χ2v) is 7.41. The van der Waals surface area contributed by atoms with E-state index in [4.69, 9.17) is 4.74 Å². The molecule has 0 spiro atoms. The van der Waals surface area contributed by atoms with Gasteiger partial charge in [-0.2, -0.15) is 13.2 Å². The molecule has 0 atom stereocenters. The summed E-state index contributed by atoms with van der Waals surface area (Å²) in [6.45, 7) is 2.81. The summed E-state index contributed by atoms with van der Waals surface area (Å²) in [5.74, 6) is -0.845. The van der Waals surface area contributed by atoms with Gasteiger partial charge in [0, 0.05) is 39.1 Å². The number of fused-ring (bicyclic) bond motifs is 1. The monoisotopic (exact) mass is 388 g/mol. The maximum absolute atomic E-state index is 13.5. The molecule has 6 nitrogen and oxygen atoms in total. The van der Waals surface area contributed by atoms with Crippen molar-refractivity contribution in [1.82, 2.24) is 19.4 Å². The highest BCUT2D eigenvalue weighted by Crippen LogP contribution is 2.37. The number of hydrogen-bond acceptors (Lipinski definition) is 4. The van der Waals surface area contributed by atoms with Gasteiger partial charge in [0.25, 0.3) is 0 Å². The first-order valence-corrected chi connectivity index (χ1v) is 9.43. The van der Waals surface area contributed by atoms with Crippen LogP contribution in [0.4, 0.5) is 13.2 Å². The lowest BCUT2D eigenvalue weighted by Gasteiger charge is -2.32. The summed E-state index contributed by atoms with van der Waals surface area (Å²) in [4.78, 5) is 20.3. The van der Waals surface area contributed by atoms with Gasteiger partial charge in [-0.1, -0.05) is 0 Å². The van der Waals surface area contributed by atoms with Crippen molar-refractivity contribution >= 4 is 5.91 Å². The Balaban J connectivity index is 1.84. The third kappa shape index (κ3) is 4.45. The Bertz CT molecular complexity index is 666. The van der Waals surface area contributed by atoms with Gasteiger partial charge in [0.1, 0.15) is 0 Å². The minimum Gasteiger partial charge on any atom is -0.385 e. The summed E-state index contributed by atoms with van der Waals surface area (Å²) in [6, 6.07) is 0. The number of ether oxygens (including phenoxy) is 1. The largest absolute Gasteiger partial charge is 0.449 e. The highest BCUT2D eigenvalue weighted by molar-refractivity contribution is 5.76. The average Bonchev–Trinajstić information content (AvgIpc) is 3.01. The Morgan fingerprint density at radius 1 is 1.22 bits per heavy atom. The molecule has 0 radical (unpaired) electrons. The number of imidazole rings is 1. The van der Waals surface area contributed by atoms with Crippen LogP contribution >= 0.6 is 0 Å². The maximum atomic E-state index is 13.5. The van der Waals surface area contributed by atoms with Crippen LogP contribution in [0.15, 0.2) is 0 Å². The zero-order valence-electron chi connectivity index (χ0n) is 15.9. The SMILES string of the molecule is COCCCC(=O)N1CCn2c(C(F)(F)F)nc(C3CCN(C)CC3)c2C1. The molecule has 1 aromatic heterocycles. The van der Waals surface area contributed by atoms with Crippen LogP contribution in [0, 0.1) is 0 Å². The molecule has 3 heterocycles. The Kier molecular flexibility index (Phi) is 6.10. The van der Waals surface area contributed by atoms with Crippen molar-refractivity contribution in [2.24, 2.45) is 0 Å². The van der Waals surface area contributed by atoms with Gasteiger partial charge in [-0.25, -0.2) is 4.98 Å². The van der Waals surface area contributed by atoms with Crippen molar-refractivity contribution in [2.75, 3.05) is 40.4 Å². The number of aromatic nitrogens is 2. The lowest BCUT2D eigenvalue weighted by Crippen LogP contribution is -2.39. The second kappa shape index (κ2) is 8.18. The van der Waals surface area contributed by atoms with Gasteiger partial charge in [-0.15, -0.1) is 0 Å². The van der Waals surface area contributed by atoms with E-state index >= 15 is 0 Å². The third-order valence-electron chi connectivity index (χ3n) is 5.49. The van der Waals surface area contributed by atoms with E-state index < -0.39 is 12.0 Å². The van der Waals surface area contributed by atoms with Crippen molar-refractivity contribution in [3.63, 3.8) is 0 Å². The van der Waals surface area contributed by atoms with Crippen molar-refractivity contribution in [1.29, 1.82) is 0 Å². The van der Waals surface area contributed by atoms with Crippen LogP contribution in [0.25, 0.3) is 0 Å². The van der Waals surface area contributed by atoms with Crippen LogP contribution in [-0.2, 0) is 28.8 Å². The first-order chi connectivity index (χ1) is 12.8. The maximum Gasteiger partial charge on any atom is 0.449 e. The molecule has 1 aromatic rings. The zero-order valence-corrected chi connectivity index (χ0v) is 15.9. The number of hydrogen-bond donors (Lipinski definition) is 0. The number of amides is 1. The van der Waals surface area contributed by atoms with Crippen LogP contribution < -0.4 is 0 Å². The minimum absolute atomic E-state index is 0.0158. The number of halogens is 3. The molecule has 27 heavy (non-hydrogen) atoms. The number of alkyl halides is 3. The molecular formula is C18H27F3N4O2. The van der Waals surface area contributed by atoms with Crippen molar-refractivity contribution in [3.8, 4) is 0 Å². The van der Waals surface area contributed by atoms with Gasteiger partial charge in [0.05, 0.1) is 17.9 Å². The van der Waals surface area contributed by atoms with Gasteiger partial charge in [-0.3, -0.25) is 4.79 Å². The summed E-state index contributed by atoms with van der Waals surface area (Å²) in [5, 5.41) is 0. The van der Waals surface area contributed by atoms with E-state index in [1.807, 2.05) is 7.05 Å². The summed E-state index contributed by atoms with van der Waals surface area (Å²) in [6.07, 6.45) is -1.94. The van der Waals surface area contributed by atoms with Crippen LogP contribution in [-0.4, -0.2) is 65.7 Å². The van der Waals surface area contributed by atoms with Crippen molar-refractivity contribution in [3.05, 3.63) is 17.2 Å². The van der Waals surface area contributed by atoms with Crippen LogP contribution in [0.5, 0.6) is 0 Å². The molecule has 3 rings (SSSR count). The molecular weight excluding hydrogens is 361 g/mol. The van der Waals surface area contributed by atoms with E-state index in [0.717, 1.165) is 25.9 Å². The Labute approximate surface area is 157 Å². The number of carbonyl (C=O) groups is 1. The topological polar surface area (TPSA) is 50.6 Å². The van der Waals surface area contributed by atoms with Crippen LogP contribution in [0.1, 0.15) is 48.8 Å². The van der Waals surface area contributed by atoms with Gasteiger partial charge in [0.2, 0.25) is 11.7 Å². The molecule has 2 aliphatic heterocycles. The molecule has 2 aliphatic rings. The molecule has 0 aromatic carbocycles. The smallest absolute Gasteiger partial charge is 0.385 e. The van der Waals surface area contributed by atoms with Crippen LogP contribution in [0.3, 0.4) is 0 Å². The fourth-order valence-corrected chi connectivity index (χ4v) is 3.96. The van der Waals surface area contributed by atoms with E-state index in [1.54, 1.807) is 12.0 Å². The summed E-state index contributed by atoms with van der Waals surface area (Å²) in [5.41, 5.74) is 1.09. The summed E-state index contributed by atoms with van der Waals surface area (Å²) < 4.78 is 46.7. The zero-order chi connectivity index (χ0) is 19.6. The molecule has 1 fully saturated rings. The number of methoxy groups -OCH3 is 1. The molecule has 9 heteroatoms. The van der Waals surface area contributed by atoms with Gasteiger partial charge < -0.3 is 19.1 Å². The molecule has 0 unspecified atom stereocenters. The number of likely N-dealkylation sites (tertiary alicyclic amines) is 1. The first-order valence-electron chi connectivity index (χ1n) is 9.43. The number of rotatable bonds is 5. The summed E-state index contributed by atoms with van der Waals surface area (Å²) >= 11 is 0.